The molecule has 0 aliphatic carbocycles. The van der Waals surface area contributed by atoms with Crippen molar-refractivity contribution in [1.82, 2.24) is 4.57 Å². The first-order valence-corrected chi connectivity index (χ1v) is 10.9. The maximum absolute atomic E-state index is 12.5. The van der Waals surface area contributed by atoms with Crippen LogP contribution in [0, 0.1) is 0 Å². The molecule has 0 bridgehead atoms. The summed E-state index contributed by atoms with van der Waals surface area (Å²) < 4.78 is 18.4. The molecular formula is C23H26N2O5S. The molecule has 3 aromatic rings. The van der Waals surface area contributed by atoms with Crippen molar-refractivity contribution in [1.29, 1.82) is 0 Å². The minimum atomic E-state index is -0.441. The molecular weight excluding hydrogens is 416 g/mol. The number of esters is 1. The van der Waals surface area contributed by atoms with Gasteiger partial charge in [0, 0.05) is 0 Å². The van der Waals surface area contributed by atoms with E-state index in [2.05, 4.69) is 18.8 Å². The fourth-order valence-corrected chi connectivity index (χ4v) is 4.06. The van der Waals surface area contributed by atoms with E-state index in [1.54, 1.807) is 24.7 Å². The van der Waals surface area contributed by atoms with Gasteiger partial charge in [0.1, 0.15) is 18.0 Å². The van der Waals surface area contributed by atoms with Crippen molar-refractivity contribution in [2.75, 3.05) is 20.3 Å². The number of hydrogen-bond acceptors (Lipinski definition) is 6. The zero-order chi connectivity index (χ0) is 22.4. The predicted octanol–water partition coefficient (Wildman–Crippen LogP) is 3.90. The number of hydrogen-bond donors (Lipinski definition) is 0. The van der Waals surface area contributed by atoms with Crippen molar-refractivity contribution in [3.63, 3.8) is 0 Å². The molecule has 0 aliphatic heterocycles. The van der Waals surface area contributed by atoms with Crippen LogP contribution in [-0.4, -0.2) is 36.8 Å². The Balaban J connectivity index is 1.84. The lowest BCUT2D eigenvalue weighted by Crippen LogP contribution is -2.24. The Labute approximate surface area is 184 Å². The van der Waals surface area contributed by atoms with Gasteiger partial charge in [0.25, 0.3) is 5.91 Å². The van der Waals surface area contributed by atoms with Crippen LogP contribution in [0.15, 0.2) is 47.5 Å². The molecule has 0 N–H and O–H groups in total. The summed E-state index contributed by atoms with van der Waals surface area (Å²) in [7, 11) is 1.58. The topological polar surface area (TPSA) is 79.1 Å². The fraction of sp³-hybridized carbons (Fsp3) is 0.348. The Morgan fingerprint density at radius 2 is 1.81 bits per heavy atom. The van der Waals surface area contributed by atoms with Crippen LogP contribution in [0.3, 0.4) is 0 Å². The number of nitrogens with zero attached hydrogens (tertiary/aromatic N) is 2. The van der Waals surface area contributed by atoms with E-state index in [4.69, 9.17) is 14.2 Å². The summed E-state index contributed by atoms with van der Waals surface area (Å²) in [5.74, 6) is 0.876. The molecule has 2 aromatic carbocycles. The maximum atomic E-state index is 12.5. The second-order valence-corrected chi connectivity index (χ2v) is 8.14. The van der Waals surface area contributed by atoms with Crippen LogP contribution in [-0.2, 0) is 20.9 Å². The average molecular weight is 443 g/mol. The Hall–Kier alpha value is -3.13. The lowest BCUT2D eigenvalue weighted by atomic mass is 10.0. The molecule has 3 rings (SSSR count). The minimum Gasteiger partial charge on any atom is -0.497 e. The highest BCUT2D eigenvalue weighted by Crippen LogP contribution is 2.23. The van der Waals surface area contributed by atoms with Crippen molar-refractivity contribution in [2.24, 2.45) is 4.99 Å². The molecule has 1 heterocycles. The SMILES string of the molecule is CCOC(=O)Cn1c(=NC(=O)COc2ccc(C(C)C)cc2)sc2cc(OC)ccc21. The van der Waals surface area contributed by atoms with Crippen molar-refractivity contribution in [3.8, 4) is 11.5 Å². The lowest BCUT2D eigenvalue weighted by Gasteiger charge is -2.07. The molecule has 7 nitrogen and oxygen atoms in total. The molecule has 0 unspecified atom stereocenters. The first-order chi connectivity index (χ1) is 14.9. The van der Waals surface area contributed by atoms with Crippen molar-refractivity contribution < 1.29 is 23.8 Å². The molecule has 8 heteroatoms. The summed E-state index contributed by atoms with van der Waals surface area (Å²) in [6, 6.07) is 13.1. The molecule has 0 saturated heterocycles. The second-order valence-electron chi connectivity index (χ2n) is 7.13. The van der Waals surface area contributed by atoms with Gasteiger partial charge in [-0.3, -0.25) is 9.59 Å². The number of carbonyl (C=O) groups excluding carboxylic acids is 2. The van der Waals surface area contributed by atoms with Crippen LogP contribution < -0.4 is 14.3 Å². The zero-order valence-electron chi connectivity index (χ0n) is 18.1. The smallest absolute Gasteiger partial charge is 0.326 e. The van der Waals surface area contributed by atoms with Gasteiger partial charge in [-0.25, -0.2) is 0 Å². The summed E-state index contributed by atoms with van der Waals surface area (Å²) in [5, 5.41) is 0. The molecule has 164 valence electrons. The molecule has 31 heavy (non-hydrogen) atoms. The zero-order valence-corrected chi connectivity index (χ0v) is 18.9. The molecule has 0 fully saturated rings. The van der Waals surface area contributed by atoms with E-state index in [1.807, 2.05) is 36.4 Å². The van der Waals surface area contributed by atoms with Crippen LogP contribution in [0.2, 0.25) is 0 Å². The lowest BCUT2D eigenvalue weighted by molar-refractivity contribution is -0.143. The van der Waals surface area contributed by atoms with Gasteiger partial charge in [-0.2, -0.15) is 4.99 Å². The van der Waals surface area contributed by atoms with Gasteiger partial charge in [0.15, 0.2) is 11.4 Å². The number of rotatable bonds is 8. The summed E-state index contributed by atoms with van der Waals surface area (Å²) in [5.41, 5.74) is 1.97. The standard InChI is InChI=1S/C23H26N2O5S/c1-5-29-22(27)13-25-19-11-10-18(28-4)12-20(19)31-23(25)24-21(26)14-30-17-8-6-16(7-9-17)15(2)3/h6-12,15H,5,13-14H2,1-4H3. The summed E-state index contributed by atoms with van der Waals surface area (Å²) in [6.45, 7) is 6.03. The van der Waals surface area contributed by atoms with Crippen LogP contribution >= 0.6 is 11.3 Å². The maximum Gasteiger partial charge on any atom is 0.326 e. The molecule has 0 aliphatic rings. The van der Waals surface area contributed by atoms with Crippen LogP contribution in [0.1, 0.15) is 32.3 Å². The minimum absolute atomic E-state index is 0.0379. The normalized spacial score (nSPS) is 11.7. The van der Waals surface area contributed by atoms with Gasteiger partial charge in [-0.1, -0.05) is 37.3 Å². The van der Waals surface area contributed by atoms with E-state index in [9.17, 15) is 9.59 Å². The quantitative estimate of drug-likeness (QED) is 0.494. The largest absolute Gasteiger partial charge is 0.497 e. The number of methoxy groups -OCH3 is 1. The third-order valence-corrected chi connectivity index (χ3v) is 5.65. The van der Waals surface area contributed by atoms with Gasteiger partial charge < -0.3 is 18.8 Å². The molecule has 0 atom stereocenters. The summed E-state index contributed by atoms with van der Waals surface area (Å²) >= 11 is 1.30. The number of thiazole rings is 1. The van der Waals surface area contributed by atoms with E-state index >= 15 is 0 Å². The number of carbonyl (C=O) groups is 2. The number of fused-ring (bicyclic) bond motifs is 1. The Kier molecular flexibility index (Phi) is 7.46. The Morgan fingerprint density at radius 1 is 1.10 bits per heavy atom. The number of amides is 1. The van der Waals surface area contributed by atoms with Crippen molar-refractivity contribution in [3.05, 3.63) is 52.8 Å². The van der Waals surface area contributed by atoms with E-state index in [0.29, 0.717) is 22.2 Å². The third kappa shape index (κ3) is 5.73. The second kappa shape index (κ2) is 10.3. The van der Waals surface area contributed by atoms with Crippen molar-refractivity contribution in [2.45, 2.75) is 33.2 Å². The van der Waals surface area contributed by atoms with Gasteiger partial charge in [0.05, 0.1) is 23.9 Å². The van der Waals surface area contributed by atoms with Gasteiger partial charge in [-0.05, 0) is 48.7 Å². The van der Waals surface area contributed by atoms with E-state index in [0.717, 1.165) is 10.2 Å². The molecule has 0 saturated carbocycles. The first kappa shape index (κ1) is 22.6. The number of ether oxygens (including phenoxy) is 3. The van der Waals surface area contributed by atoms with Crippen LogP contribution in [0.5, 0.6) is 11.5 Å². The van der Waals surface area contributed by atoms with Crippen LogP contribution in [0.25, 0.3) is 10.2 Å². The van der Waals surface area contributed by atoms with Crippen LogP contribution in [0.4, 0.5) is 0 Å². The van der Waals surface area contributed by atoms with Gasteiger partial charge in [0.2, 0.25) is 0 Å². The Morgan fingerprint density at radius 3 is 2.45 bits per heavy atom. The molecule has 0 spiro atoms. The van der Waals surface area contributed by atoms with E-state index in [1.165, 1.54) is 16.9 Å². The van der Waals surface area contributed by atoms with E-state index < -0.39 is 11.9 Å². The summed E-state index contributed by atoms with van der Waals surface area (Å²) in [6.07, 6.45) is 0. The Bertz CT molecular complexity index is 1130. The number of aromatic nitrogens is 1. The molecule has 0 radical (unpaired) electrons. The van der Waals surface area contributed by atoms with Gasteiger partial charge in [-0.15, -0.1) is 0 Å². The van der Waals surface area contributed by atoms with E-state index in [-0.39, 0.29) is 19.8 Å². The number of benzene rings is 2. The molecule has 1 aromatic heterocycles. The highest BCUT2D eigenvalue weighted by Gasteiger charge is 2.13. The van der Waals surface area contributed by atoms with Crippen molar-refractivity contribution >= 4 is 33.4 Å². The molecule has 1 amide bonds. The first-order valence-electron chi connectivity index (χ1n) is 10.0. The predicted molar refractivity (Wildman–Crippen MR) is 120 cm³/mol. The highest BCUT2D eigenvalue weighted by molar-refractivity contribution is 7.16. The highest BCUT2D eigenvalue weighted by atomic mass is 32.1. The fourth-order valence-electron chi connectivity index (χ4n) is 2.99. The van der Waals surface area contributed by atoms with Gasteiger partial charge >= 0.3 is 5.97 Å². The average Bonchev–Trinajstić information content (AvgIpc) is 3.08. The third-order valence-electron chi connectivity index (χ3n) is 4.61. The monoisotopic (exact) mass is 442 g/mol. The summed E-state index contributed by atoms with van der Waals surface area (Å²) in [4.78, 5) is 29.2.